The van der Waals surface area contributed by atoms with Gasteiger partial charge in [0.2, 0.25) is 5.56 Å². The summed E-state index contributed by atoms with van der Waals surface area (Å²) in [6, 6.07) is 6.13. The predicted octanol–water partition coefficient (Wildman–Crippen LogP) is 0.877. The van der Waals surface area contributed by atoms with Gasteiger partial charge in [-0.1, -0.05) is 13.0 Å². The van der Waals surface area contributed by atoms with Crippen molar-refractivity contribution >= 4 is 10.9 Å². The maximum Gasteiger partial charge on any atom is 0.248 e. The van der Waals surface area contributed by atoms with Gasteiger partial charge >= 0.3 is 0 Å². The molecule has 5 heteroatoms. The van der Waals surface area contributed by atoms with Crippen molar-refractivity contribution in [3.63, 3.8) is 0 Å². The molecule has 1 atom stereocenters. The van der Waals surface area contributed by atoms with E-state index in [9.17, 15) is 15.0 Å². The van der Waals surface area contributed by atoms with Crippen LogP contribution in [-0.2, 0) is 0 Å². The highest BCUT2D eigenvalue weighted by atomic mass is 16.3. The highest BCUT2D eigenvalue weighted by Crippen LogP contribution is 2.28. The van der Waals surface area contributed by atoms with Crippen LogP contribution in [0.2, 0.25) is 0 Å². The molecule has 0 aliphatic heterocycles. The van der Waals surface area contributed by atoms with E-state index in [-0.39, 0.29) is 11.3 Å². The summed E-state index contributed by atoms with van der Waals surface area (Å²) in [5.41, 5.74) is 0.756. The predicted molar refractivity (Wildman–Crippen MR) is 69.7 cm³/mol. The van der Waals surface area contributed by atoms with E-state index in [1.807, 2.05) is 6.92 Å². The highest BCUT2D eigenvalue weighted by Gasteiger charge is 2.13. The van der Waals surface area contributed by atoms with Gasteiger partial charge in [0, 0.05) is 18.0 Å². The summed E-state index contributed by atoms with van der Waals surface area (Å²) >= 11 is 0. The van der Waals surface area contributed by atoms with Gasteiger partial charge in [-0.2, -0.15) is 0 Å². The molecule has 1 heterocycles. The lowest BCUT2D eigenvalue weighted by atomic mass is 10.0. The number of hydrogen-bond acceptors (Lipinski definition) is 4. The maximum atomic E-state index is 11.2. The van der Waals surface area contributed by atoms with Crippen molar-refractivity contribution in [1.29, 1.82) is 0 Å². The van der Waals surface area contributed by atoms with Crippen molar-refractivity contribution in [3.8, 4) is 5.75 Å². The molecule has 0 unspecified atom stereocenters. The van der Waals surface area contributed by atoms with Crippen LogP contribution in [0.1, 0.15) is 18.6 Å². The number of rotatable bonds is 4. The number of likely N-dealkylation sites (N-methyl/N-ethyl adjacent to an activating group) is 1. The number of aliphatic hydroxyl groups is 1. The van der Waals surface area contributed by atoms with Gasteiger partial charge in [-0.25, -0.2) is 0 Å². The minimum absolute atomic E-state index is 0.00195. The number of aromatic hydroxyl groups is 1. The molecule has 0 radical (unpaired) electrons. The van der Waals surface area contributed by atoms with Crippen LogP contribution in [0, 0.1) is 0 Å². The van der Waals surface area contributed by atoms with Crippen molar-refractivity contribution in [3.05, 3.63) is 40.2 Å². The minimum atomic E-state index is -0.682. The fourth-order valence-corrected chi connectivity index (χ4v) is 1.94. The van der Waals surface area contributed by atoms with Gasteiger partial charge in [0.1, 0.15) is 5.75 Å². The lowest BCUT2D eigenvalue weighted by Crippen LogP contribution is -2.21. The number of benzene rings is 1. The molecule has 0 bridgehead atoms. The number of aromatic amines is 1. The van der Waals surface area contributed by atoms with Crippen LogP contribution in [0.4, 0.5) is 0 Å². The van der Waals surface area contributed by atoms with Crippen molar-refractivity contribution in [2.45, 2.75) is 13.0 Å². The Labute approximate surface area is 104 Å². The van der Waals surface area contributed by atoms with Gasteiger partial charge in [-0.3, -0.25) is 4.79 Å². The fraction of sp³-hybridized carbons (Fsp3) is 0.308. The van der Waals surface area contributed by atoms with E-state index in [0.717, 1.165) is 6.54 Å². The first-order chi connectivity index (χ1) is 8.63. The molecule has 96 valence electrons. The van der Waals surface area contributed by atoms with E-state index in [1.165, 1.54) is 12.1 Å². The normalized spacial score (nSPS) is 12.8. The van der Waals surface area contributed by atoms with E-state index in [1.54, 1.807) is 12.1 Å². The van der Waals surface area contributed by atoms with Gasteiger partial charge in [0.15, 0.2) is 0 Å². The largest absolute Gasteiger partial charge is 0.506 e. The third-order valence-corrected chi connectivity index (χ3v) is 2.85. The summed E-state index contributed by atoms with van der Waals surface area (Å²) in [5, 5.41) is 23.5. The Morgan fingerprint density at radius 2 is 2.11 bits per heavy atom. The quantitative estimate of drug-likeness (QED) is 0.647. The average molecular weight is 248 g/mol. The first kappa shape index (κ1) is 12.6. The molecule has 0 aliphatic carbocycles. The molecule has 18 heavy (non-hydrogen) atoms. The summed E-state index contributed by atoms with van der Waals surface area (Å²) in [7, 11) is 0. The Morgan fingerprint density at radius 1 is 1.33 bits per heavy atom. The molecule has 0 amide bonds. The topological polar surface area (TPSA) is 85.3 Å². The van der Waals surface area contributed by atoms with Crippen LogP contribution in [-0.4, -0.2) is 28.3 Å². The summed E-state index contributed by atoms with van der Waals surface area (Å²) in [5.74, 6) is 0.00195. The molecule has 0 saturated heterocycles. The number of phenols is 1. The summed E-state index contributed by atoms with van der Waals surface area (Å²) in [6.45, 7) is 3.15. The third-order valence-electron chi connectivity index (χ3n) is 2.85. The van der Waals surface area contributed by atoms with Crippen LogP contribution < -0.4 is 10.9 Å². The molecule has 0 fully saturated rings. The van der Waals surface area contributed by atoms with E-state index >= 15 is 0 Å². The molecular formula is C13H16N2O3. The first-order valence-electron chi connectivity index (χ1n) is 5.87. The molecule has 5 nitrogen and oxygen atoms in total. The van der Waals surface area contributed by atoms with Crippen molar-refractivity contribution in [2.75, 3.05) is 13.1 Å². The fourth-order valence-electron chi connectivity index (χ4n) is 1.94. The van der Waals surface area contributed by atoms with Gasteiger partial charge in [0.05, 0.1) is 11.6 Å². The van der Waals surface area contributed by atoms with Crippen LogP contribution in [0.15, 0.2) is 29.1 Å². The monoisotopic (exact) mass is 248 g/mol. The zero-order chi connectivity index (χ0) is 13.1. The lowest BCUT2D eigenvalue weighted by molar-refractivity contribution is 0.177. The molecule has 4 N–H and O–H groups in total. The molecule has 0 aliphatic rings. The zero-order valence-corrected chi connectivity index (χ0v) is 10.1. The molecule has 2 aromatic rings. The Bertz CT molecular complexity index is 607. The SMILES string of the molecule is CCNC[C@H](O)c1ccc(O)c2[nH]c(=O)ccc12. The van der Waals surface area contributed by atoms with E-state index in [2.05, 4.69) is 10.3 Å². The summed E-state index contributed by atoms with van der Waals surface area (Å²) in [4.78, 5) is 13.8. The Hall–Kier alpha value is -1.85. The molecule has 1 aromatic carbocycles. The van der Waals surface area contributed by atoms with Crippen molar-refractivity contribution < 1.29 is 10.2 Å². The summed E-state index contributed by atoms with van der Waals surface area (Å²) < 4.78 is 0. The zero-order valence-electron chi connectivity index (χ0n) is 10.1. The highest BCUT2D eigenvalue weighted by molar-refractivity contribution is 5.87. The molecule has 1 aromatic heterocycles. The number of aliphatic hydroxyl groups excluding tert-OH is 1. The number of nitrogens with one attached hydrogen (secondary N) is 2. The second-order valence-electron chi connectivity index (χ2n) is 4.11. The van der Waals surface area contributed by atoms with Crippen LogP contribution in [0.5, 0.6) is 5.75 Å². The van der Waals surface area contributed by atoms with Crippen LogP contribution in [0.3, 0.4) is 0 Å². The number of H-pyrrole nitrogens is 1. The second kappa shape index (κ2) is 5.20. The van der Waals surface area contributed by atoms with Crippen molar-refractivity contribution in [2.24, 2.45) is 0 Å². The number of pyridine rings is 1. The number of aromatic nitrogens is 1. The van der Waals surface area contributed by atoms with Gasteiger partial charge in [0.25, 0.3) is 0 Å². The third kappa shape index (κ3) is 2.37. The Kier molecular flexibility index (Phi) is 3.64. The maximum absolute atomic E-state index is 11.2. The molecular weight excluding hydrogens is 232 g/mol. The molecule has 0 spiro atoms. The van der Waals surface area contributed by atoms with Crippen molar-refractivity contribution in [1.82, 2.24) is 10.3 Å². The number of hydrogen-bond donors (Lipinski definition) is 4. The van der Waals surface area contributed by atoms with E-state index in [0.29, 0.717) is 23.0 Å². The molecule has 2 rings (SSSR count). The van der Waals surface area contributed by atoms with E-state index in [4.69, 9.17) is 0 Å². The Morgan fingerprint density at radius 3 is 2.83 bits per heavy atom. The molecule has 0 saturated carbocycles. The number of phenolic OH excluding ortho intramolecular Hbond substituents is 1. The van der Waals surface area contributed by atoms with Gasteiger partial charge in [-0.15, -0.1) is 0 Å². The first-order valence-corrected chi connectivity index (χ1v) is 5.87. The second-order valence-corrected chi connectivity index (χ2v) is 4.11. The summed E-state index contributed by atoms with van der Waals surface area (Å²) in [6.07, 6.45) is -0.682. The lowest BCUT2D eigenvalue weighted by Gasteiger charge is -2.14. The average Bonchev–Trinajstić information content (AvgIpc) is 2.37. The van der Waals surface area contributed by atoms with Gasteiger partial charge < -0.3 is 20.5 Å². The van der Waals surface area contributed by atoms with Gasteiger partial charge in [-0.05, 0) is 24.2 Å². The van der Waals surface area contributed by atoms with Crippen LogP contribution >= 0.6 is 0 Å². The number of fused-ring (bicyclic) bond motifs is 1. The van der Waals surface area contributed by atoms with Crippen LogP contribution in [0.25, 0.3) is 10.9 Å². The van der Waals surface area contributed by atoms with E-state index < -0.39 is 6.10 Å². The standard InChI is InChI=1S/C13H16N2O3/c1-2-14-7-11(17)8-3-5-10(16)13-9(8)4-6-12(18)15-13/h3-6,11,14,16-17H,2,7H2,1H3,(H,15,18)/t11-/m0/s1. The Balaban J connectivity index is 2.52. The smallest absolute Gasteiger partial charge is 0.248 e. The minimum Gasteiger partial charge on any atom is -0.506 e.